The lowest BCUT2D eigenvalue weighted by atomic mass is 10.2. The van der Waals surface area contributed by atoms with E-state index in [9.17, 15) is 9.90 Å². The molecule has 1 amide bonds. The molecule has 0 aliphatic heterocycles. The number of nitrogens with one attached hydrogen (secondary N) is 3. The predicted molar refractivity (Wildman–Crippen MR) is 134 cm³/mol. The summed E-state index contributed by atoms with van der Waals surface area (Å²) in [4.78, 5) is 16.6. The number of carbonyl (C=O) groups excluding carboxylic acids is 1. The van der Waals surface area contributed by atoms with Gasteiger partial charge in [-0.15, -0.1) is 0 Å². The van der Waals surface area contributed by atoms with Gasteiger partial charge in [-0.2, -0.15) is 0 Å². The molecular weight excluding hydrogens is 444 g/mol. The van der Waals surface area contributed by atoms with Crippen molar-refractivity contribution in [3.63, 3.8) is 0 Å². The number of methoxy groups -OCH3 is 3. The van der Waals surface area contributed by atoms with E-state index < -0.39 is 5.91 Å². The third-order valence-corrected chi connectivity index (χ3v) is 4.66. The summed E-state index contributed by atoms with van der Waals surface area (Å²) in [6.45, 7) is 2.43. The first kappa shape index (κ1) is 25.5. The molecule has 0 radical (unpaired) electrons. The van der Waals surface area contributed by atoms with E-state index in [2.05, 4.69) is 20.9 Å². The largest absolute Gasteiger partial charge is 0.512 e. The van der Waals surface area contributed by atoms with Crippen LogP contribution in [-0.2, 0) is 4.79 Å². The van der Waals surface area contributed by atoms with Gasteiger partial charge in [0.15, 0.2) is 16.6 Å². The van der Waals surface area contributed by atoms with Crippen molar-refractivity contribution in [2.24, 2.45) is 4.99 Å². The van der Waals surface area contributed by atoms with Crippen LogP contribution in [0.3, 0.4) is 0 Å². The molecule has 2 rings (SSSR count). The van der Waals surface area contributed by atoms with Crippen LogP contribution in [0.25, 0.3) is 0 Å². The second kappa shape index (κ2) is 12.9. The van der Waals surface area contributed by atoms with Gasteiger partial charge in [-0.3, -0.25) is 4.79 Å². The van der Waals surface area contributed by atoms with Gasteiger partial charge < -0.3 is 35.3 Å². The number of thiocarbonyl (C=S) groups is 1. The molecule has 4 N–H and O–H groups in total. The number of amides is 1. The molecule has 2 aromatic carbocycles. The molecule has 2 aromatic rings. The van der Waals surface area contributed by atoms with Gasteiger partial charge in [-0.25, -0.2) is 4.99 Å². The Morgan fingerprint density at radius 1 is 1.03 bits per heavy atom. The number of rotatable bonds is 10. The van der Waals surface area contributed by atoms with Crippen molar-refractivity contribution in [2.45, 2.75) is 6.92 Å². The monoisotopic (exact) mass is 472 g/mol. The molecule has 0 saturated carbocycles. The van der Waals surface area contributed by atoms with Gasteiger partial charge in [-0.05, 0) is 43.4 Å². The number of carbonyl (C=O) groups is 1. The van der Waals surface area contributed by atoms with E-state index in [1.54, 1.807) is 38.5 Å². The molecule has 0 bridgehead atoms. The van der Waals surface area contributed by atoms with Crippen molar-refractivity contribution in [3.05, 3.63) is 53.8 Å². The average Bonchev–Trinajstić information content (AvgIpc) is 2.81. The number of nitrogens with zero attached hydrogens (tertiary/aromatic N) is 1. The minimum atomic E-state index is -0.541. The van der Waals surface area contributed by atoms with E-state index in [0.29, 0.717) is 36.0 Å². The highest BCUT2D eigenvalue weighted by Gasteiger charge is 2.14. The Morgan fingerprint density at radius 3 is 2.39 bits per heavy atom. The van der Waals surface area contributed by atoms with E-state index in [1.807, 2.05) is 18.2 Å². The zero-order valence-electron chi connectivity index (χ0n) is 19.0. The zero-order chi connectivity index (χ0) is 24.2. The number of hydrogen-bond acceptors (Lipinski definition) is 7. The number of ether oxygens (including phenoxy) is 3. The Labute approximate surface area is 198 Å². The first-order valence-electron chi connectivity index (χ1n) is 10.0. The summed E-state index contributed by atoms with van der Waals surface area (Å²) in [7, 11) is 4.66. The fourth-order valence-corrected chi connectivity index (χ4v) is 2.90. The van der Waals surface area contributed by atoms with E-state index >= 15 is 0 Å². The standard InChI is InChI=1S/C23H28N4O5S/c1-15(28)17(22(29)27-18-7-5-6-8-19(18)30-2)14-26-23(33)25-12-11-24-16-9-10-20(31-3)21(13-16)32-4/h5-10,13-14,24,28H,11-12H2,1-4H3,(H,25,33)(H,27,29)/b17-15+,26-14+. The second-order valence-corrected chi connectivity index (χ2v) is 7.03. The number of aliphatic hydroxyl groups excluding tert-OH is 1. The molecular formula is C23H28N4O5S. The Kier molecular flexibility index (Phi) is 9.97. The summed E-state index contributed by atoms with van der Waals surface area (Å²) in [6, 6.07) is 12.5. The number of benzene rings is 2. The molecule has 0 aliphatic carbocycles. The lowest BCUT2D eigenvalue weighted by Gasteiger charge is -2.12. The van der Waals surface area contributed by atoms with Gasteiger partial charge in [0.2, 0.25) is 0 Å². The van der Waals surface area contributed by atoms with Crippen molar-refractivity contribution in [2.75, 3.05) is 45.1 Å². The lowest BCUT2D eigenvalue weighted by Crippen LogP contribution is -2.26. The van der Waals surface area contributed by atoms with Crippen molar-refractivity contribution >= 4 is 40.8 Å². The summed E-state index contributed by atoms with van der Waals surface area (Å²) in [5.74, 6) is 1.04. The summed E-state index contributed by atoms with van der Waals surface area (Å²) in [6.07, 6.45) is 1.22. The molecule has 0 aliphatic rings. The molecule has 33 heavy (non-hydrogen) atoms. The predicted octanol–water partition coefficient (Wildman–Crippen LogP) is 3.54. The molecule has 0 aromatic heterocycles. The van der Waals surface area contributed by atoms with Crippen LogP contribution in [0.4, 0.5) is 11.4 Å². The van der Waals surface area contributed by atoms with Crippen LogP contribution in [0.15, 0.2) is 58.8 Å². The number of anilines is 2. The van der Waals surface area contributed by atoms with E-state index in [4.69, 9.17) is 26.4 Å². The Bertz CT molecular complexity index is 1040. The Balaban J connectivity index is 1.88. The molecule has 0 spiro atoms. The van der Waals surface area contributed by atoms with Gasteiger partial charge in [0.25, 0.3) is 5.91 Å². The SMILES string of the molecule is COc1ccccc1NC(=O)C(/C=N/C(=S)NCCNc1ccc(OC)c(OC)c1)=C(\C)O. The maximum Gasteiger partial charge on any atom is 0.260 e. The van der Waals surface area contributed by atoms with Crippen molar-refractivity contribution in [1.29, 1.82) is 0 Å². The molecule has 0 saturated heterocycles. The van der Waals surface area contributed by atoms with E-state index in [-0.39, 0.29) is 16.4 Å². The normalized spacial score (nSPS) is 11.4. The molecule has 9 nitrogen and oxygen atoms in total. The van der Waals surface area contributed by atoms with Gasteiger partial charge in [-0.1, -0.05) is 12.1 Å². The highest BCUT2D eigenvalue weighted by molar-refractivity contribution is 7.80. The van der Waals surface area contributed by atoms with Gasteiger partial charge in [0.1, 0.15) is 11.5 Å². The molecule has 10 heteroatoms. The quantitative estimate of drug-likeness (QED) is 0.137. The fourth-order valence-electron chi connectivity index (χ4n) is 2.75. The van der Waals surface area contributed by atoms with Crippen LogP contribution in [0, 0.1) is 0 Å². The third-order valence-electron chi connectivity index (χ3n) is 4.41. The van der Waals surface area contributed by atoms with Crippen molar-refractivity contribution < 1.29 is 24.1 Å². The zero-order valence-corrected chi connectivity index (χ0v) is 19.8. The first-order chi connectivity index (χ1) is 15.9. The number of allylic oxidation sites excluding steroid dienone is 1. The Hall–Kier alpha value is -3.79. The number of hydrogen-bond donors (Lipinski definition) is 4. The maximum atomic E-state index is 12.6. The van der Waals surface area contributed by atoms with E-state index in [1.165, 1.54) is 20.2 Å². The summed E-state index contributed by atoms with van der Waals surface area (Å²) >= 11 is 5.19. The van der Waals surface area contributed by atoms with Crippen molar-refractivity contribution in [3.8, 4) is 17.2 Å². The highest BCUT2D eigenvalue weighted by atomic mass is 32.1. The second-order valence-electron chi connectivity index (χ2n) is 6.64. The Morgan fingerprint density at radius 2 is 1.73 bits per heavy atom. The molecule has 0 heterocycles. The van der Waals surface area contributed by atoms with Crippen molar-refractivity contribution in [1.82, 2.24) is 5.32 Å². The van der Waals surface area contributed by atoms with Gasteiger partial charge in [0.05, 0.1) is 32.6 Å². The van der Waals surface area contributed by atoms with Crippen LogP contribution >= 0.6 is 12.2 Å². The van der Waals surface area contributed by atoms with Crippen LogP contribution < -0.4 is 30.2 Å². The number of aliphatic hydroxyl groups is 1. The summed E-state index contributed by atoms with van der Waals surface area (Å²) in [5, 5.41) is 19.0. The fraction of sp³-hybridized carbons (Fsp3) is 0.261. The van der Waals surface area contributed by atoms with E-state index in [0.717, 1.165) is 5.69 Å². The molecule has 0 atom stereocenters. The van der Waals surface area contributed by atoms with Crippen LogP contribution in [-0.4, -0.2) is 56.8 Å². The minimum absolute atomic E-state index is 0.0199. The maximum absolute atomic E-state index is 12.6. The van der Waals surface area contributed by atoms with Gasteiger partial charge in [0, 0.05) is 31.1 Å². The third kappa shape index (κ3) is 7.69. The van der Waals surface area contributed by atoms with Gasteiger partial charge >= 0.3 is 0 Å². The highest BCUT2D eigenvalue weighted by Crippen LogP contribution is 2.29. The first-order valence-corrected chi connectivity index (χ1v) is 10.4. The minimum Gasteiger partial charge on any atom is -0.512 e. The lowest BCUT2D eigenvalue weighted by molar-refractivity contribution is -0.112. The number of aliphatic imine (C=N–C) groups is 1. The molecule has 0 unspecified atom stereocenters. The average molecular weight is 473 g/mol. The molecule has 176 valence electrons. The van der Waals surface area contributed by atoms with Crippen LogP contribution in [0.5, 0.6) is 17.2 Å². The van der Waals surface area contributed by atoms with Crippen LogP contribution in [0.2, 0.25) is 0 Å². The smallest absolute Gasteiger partial charge is 0.260 e. The summed E-state index contributed by atoms with van der Waals surface area (Å²) < 4.78 is 15.7. The molecule has 0 fully saturated rings. The number of para-hydroxylation sites is 2. The van der Waals surface area contributed by atoms with Crippen LogP contribution in [0.1, 0.15) is 6.92 Å². The topological polar surface area (TPSA) is 113 Å². The summed E-state index contributed by atoms with van der Waals surface area (Å²) in [5.41, 5.74) is 1.31.